The summed E-state index contributed by atoms with van der Waals surface area (Å²) < 4.78 is 24.4. The highest BCUT2D eigenvalue weighted by Gasteiger charge is 2.45. The van der Waals surface area contributed by atoms with Gasteiger partial charge < -0.3 is 4.90 Å². The molecule has 5 nitrogen and oxygen atoms in total. The predicted molar refractivity (Wildman–Crippen MR) is 93.9 cm³/mol. The summed E-state index contributed by atoms with van der Waals surface area (Å²) in [5.41, 5.74) is 0.773. The van der Waals surface area contributed by atoms with E-state index in [2.05, 4.69) is 14.9 Å². The maximum atomic E-state index is 12.6. The Morgan fingerprint density at radius 2 is 2.00 bits per heavy atom. The fourth-order valence-corrected chi connectivity index (χ4v) is 5.63. The first kappa shape index (κ1) is 16.5. The minimum absolute atomic E-state index is 0.160. The number of anilines is 1. The molecule has 2 heterocycles. The SMILES string of the molecule is CCC1(CC)CN(c2ncnc3cc(Cl)ccc23)CCS1(=O)=O. The van der Waals surface area contributed by atoms with Gasteiger partial charge in [0, 0.05) is 23.5 Å². The number of benzene rings is 1. The average molecular weight is 354 g/mol. The Balaban J connectivity index is 2.07. The zero-order chi connectivity index (χ0) is 16.7. The van der Waals surface area contributed by atoms with Crippen LogP contribution in [-0.2, 0) is 9.84 Å². The largest absolute Gasteiger partial charge is 0.353 e. The average Bonchev–Trinajstić information content (AvgIpc) is 2.54. The van der Waals surface area contributed by atoms with Crippen molar-refractivity contribution in [3.8, 4) is 0 Å². The first-order valence-corrected chi connectivity index (χ1v) is 9.83. The Morgan fingerprint density at radius 1 is 1.26 bits per heavy atom. The van der Waals surface area contributed by atoms with E-state index in [1.807, 2.05) is 26.0 Å². The summed E-state index contributed by atoms with van der Waals surface area (Å²) >= 11 is 6.03. The van der Waals surface area contributed by atoms with E-state index in [-0.39, 0.29) is 5.75 Å². The molecule has 1 saturated heterocycles. The fourth-order valence-electron chi connectivity index (χ4n) is 3.33. The second-order valence-corrected chi connectivity index (χ2v) is 8.93. The highest BCUT2D eigenvalue weighted by Crippen LogP contribution is 2.35. The van der Waals surface area contributed by atoms with E-state index in [0.29, 0.717) is 31.0 Å². The molecule has 1 aromatic carbocycles. The third-order valence-electron chi connectivity index (χ3n) is 4.93. The van der Waals surface area contributed by atoms with Gasteiger partial charge in [-0.3, -0.25) is 0 Å². The Kier molecular flexibility index (Phi) is 4.23. The van der Waals surface area contributed by atoms with Crippen molar-refractivity contribution in [2.45, 2.75) is 31.4 Å². The van der Waals surface area contributed by atoms with Crippen molar-refractivity contribution in [1.82, 2.24) is 9.97 Å². The minimum atomic E-state index is -3.09. The predicted octanol–water partition coefficient (Wildman–Crippen LogP) is 3.08. The summed E-state index contributed by atoms with van der Waals surface area (Å²) in [6, 6.07) is 5.51. The lowest BCUT2D eigenvalue weighted by atomic mass is 10.0. The molecule has 0 aliphatic carbocycles. The molecular weight excluding hydrogens is 334 g/mol. The van der Waals surface area contributed by atoms with Crippen LogP contribution in [0.4, 0.5) is 5.82 Å². The van der Waals surface area contributed by atoms with Crippen molar-refractivity contribution >= 4 is 38.2 Å². The number of sulfone groups is 1. The van der Waals surface area contributed by atoms with E-state index in [4.69, 9.17) is 11.6 Å². The molecule has 1 aliphatic heterocycles. The van der Waals surface area contributed by atoms with Crippen LogP contribution in [0.25, 0.3) is 10.9 Å². The third-order valence-corrected chi connectivity index (χ3v) is 7.92. The Hall–Kier alpha value is -1.40. The molecule has 1 aromatic heterocycles. The Labute approximate surface area is 141 Å². The highest BCUT2D eigenvalue weighted by atomic mass is 35.5. The lowest BCUT2D eigenvalue weighted by Gasteiger charge is -2.42. The van der Waals surface area contributed by atoms with E-state index in [0.717, 1.165) is 16.7 Å². The topological polar surface area (TPSA) is 63.2 Å². The van der Waals surface area contributed by atoms with Crippen LogP contribution in [0.3, 0.4) is 0 Å². The molecule has 0 amide bonds. The molecule has 7 heteroatoms. The number of fused-ring (bicyclic) bond motifs is 1. The summed E-state index contributed by atoms with van der Waals surface area (Å²) in [5, 5.41) is 1.53. The van der Waals surface area contributed by atoms with E-state index in [9.17, 15) is 8.42 Å². The summed E-state index contributed by atoms with van der Waals surface area (Å²) in [7, 11) is -3.09. The van der Waals surface area contributed by atoms with Crippen LogP contribution in [0.15, 0.2) is 24.5 Å². The molecule has 2 aromatic rings. The molecule has 124 valence electrons. The second kappa shape index (κ2) is 5.91. The zero-order valence-corrected chi connectivity index (χ0v) is 14.9. The third kappa shape index (κ3) is 2.68. The van der Waals surface area contributed by atoms with Gasteiger partial charge >= 0.3 is 0 Å². The lowest BCUT2D eigenvalue weighted by Crippen LogP contribution is -2.56. The van der Waals surface area contributed by atoms with Gasteiger partial charge in [0.15, 0.2) is 9.84 Å². The quantitative estimate of drug-likeness (QED) is 0.848. The molecule has 0 bridgehead atoms. The van der Waals surface area contributed by atoms with Gasteiger partial charge in [0.25, 0.3) is 0 Å². The molecule has 1 aliphatic rings. The van der Waals surface area contributed by atoms with Gasteiger partial charge in [-0.1, -0.05) is 25.4 Å². The van der Waals surface area contributed by atoms with E-state index < -0.39 is 14.6 Å². The van der Waals surface area contributed by atoms with Crippen molar-refractivity contribution in [2.75, 3.05) is 23.7 Å². The van der Waals surface area contributed by atoms with Crippen molar-refractivity contribution in [3.05, 3.63) is 29.5 Å². The number of hydrogen-bond acceptors (Lipinski definition) is 5. The molecule has 0 saturated carbocycles. The molecule has 0 N–H and O–H groups in total. The molecule has 0 spiro atoms. The second-order valence-electron chi connectivity index (χ2n) is 5.99. The molecule has 0 unspecified atom stereocenters. The van der Waals surface area contributed by atoms with Crippen molar-refractivity contribution in [1.29, 1.82) is 0 Å². The van der Waals surface area contributed by atoms with Crippen LogP contribution < -0.4 is 4.90 Å². The molecule has 0 radical (unpaired) electrons. The van der Waals surface area contributed by atoms with Gasteiger partial charge in [-0.05, 0) is 31.0 Å². The lowest BCUT2D eigenvalue weighted by molar-refractivity contribution is 0.458. The van der Waals surface area contributed by atoms with Gasteiger partial charge in [0.05, 0.1) is 16.0 Å². The molecule has 3 rings (SSSR count). The smallest absolute Gasteiger partial charge is 0.159 e. The van der Waals surface area contributed by atoms with Crippen LogP contribution in [0, 0.1) is 0 Å². The fraction of sp³-hybridized carbons (Fsp3) is 0.500. The normalized spacial score (nSPS) is 19.9. The van der Waals surface area contributed by atoms with E-state index in [1.165, 1.54) is 6.33 Å². The van der Waals surface area contributed by atoms with E-state index in [1.54, 1.807) is 6.07 Å². The zero-order valence-electron chi connectivity index (χ0n) is 13.3. The van der Waals surface area contributed by atoms with Gasteiger partial charge in [-0.15, -0.1) is 0 Å². The number of hydrogen-bond donors (Lipinski definition) is 0. The van der Waals surface area contributed by atoms with Crippen LogP contribution in [0.5, 0.6) is 0 Å². The summed E-state index contributed by atoms with van der Waals surface area (Å²) in [6.07, 6.45) is 2.73. The standard InChI is InChI=1S/C16H20ClN3O2S/c1-3-16(4-2)10-20(7-8-23(16,21)22)15-13-6-5-12(17)9-14(13)18-11-19-15/h5-6,9,11H,3-4,7-8,10H2,1-2H3. The number of rotatable bonds is 3. The number of halogens is 1. The first-order valence-electron chi connectivity index (χ1n) is 7.80. The van der Waals surface area contributed by atoms with Crippen LogP contribution >= 0.6 is 11.6 Å². The number of nitrogens with zero attached hydrogens (tertiary/aromatic N) is 3. The van der Waals surface area contributed by atoms with Gasteiger partial charge in [0.2, 0.25) is 0 Å². The van der Waals surface area contributed by atoms with Crippen LogP contribution in [-0.4, -0.2) is 42.0 Å². The highest BCUT2D eigenvalue weighted by molar-refractivity contribution is 7.92. The molecule has 1 fully saturated rings. The van der Waals surface area contributed by atoms with Gasteiger partial charge in [-0.25, -0.2) is 18.4 Å². The Bertz CT molecular complexity index is 834. The maximum absolute atomic E-state index is 12.6. The van der Waals surface area contributed by atoms with Crippen LogP contribution in [0.1, 0.15) is 26.7 Å². The van der Waals surface area contributed by atoms with Crippen molar-refractivity contribution in [3.63, 3.8) is 0 Å². The minimum Gasteiger partial charge on any atom is -0.353 e. The monoisotopic (exact) mass is 353 g/mol. The molecule has 0 atom stereocenters. The summed E-state index contributed by atoms with van der Waals surface area (Å²) in [4.78, 5) is 10.8. The van der Waals surface area contributed by atoms with Gasteiger partial charge in [0.1, 0.15) is 12.1 Å². The number of aromatic nitrogens is 2. The Morgan fingerprint density at radius 3 is 2.70 bits per heavy atom. The first-order chi connectivity index (χ1) is 10.9. The molecule has 23 heavy (non-hydrogen) atoms. The summed E-state index contributed by atoms with van der Waals surface area (Å²) in [5.74, 6) is 0.946. The van der Waals surface area contributed by atoms with Crippen molar-refractivity contribution < 1.29 is 8.42 Å². The van der Waals surface area contributed by atoms with Gasteiger partial charge in [-0.2, -0.15) is 0 Å². The molecular formula is C16H20ClN3O2S. The van der Waals surface area contributed by atoms with Crippen LogP contribution in [0.2, 0.25) is 5.02 Å². The maximum Gasteiger partial charge on any atom is 0.159 e. The summed E-state index contributed by atoms with van der Waals surface area (Å²) in [6.45, 7) is 4.82. The van der Waals surface area contributed by atoms with E-state index >= 15 is 0 Å². The van der Waals surface area contributed by atoms with Crippen molar-refractivity contribution in [2.24, 2.45) is 0 Å².